The number of hydrogen-bond donors (Lipinski definition) is 0. The fraction of sp³-hybridized carbons (Fsp3) is 0.714. The number of esters is 1. The number of methoxy groups -OCH3 is 1. The van der Waals surface area contributed by atoms with E-state index in [1.807, 2.05) is 0 Å². The number of nitrogens with zero attached hydrogens (tertiary/aromatic N) is 1. The molecule has 1 atom stereocenters. The topological polar surface area (TPSA) is 29.5 Å². The molecule has 68 valence electrons. The summed E-state index contributed by atoms with van der Waals surface area (Å²) < 4.78 is 4.99. The second-order valence-electron chi connectivity index (χ2n) is 2.64. The van der Waals surface area contributed by atoms with E-state index in [4.69, 9.17) is 24.8 Å². The van der Waals surface area contributed by atoms with Crippen molar-refractivity contribution in [2.45, 2.75) is 18.9 Å². The molecule has 6 heteroatoms. The van der Waals surface area contributed by atoms with Gasteiger partial charge in [-0.1, -0.05) is 4.32 Å². The maximum absolute atomic E-state index is 11.2. The van der Waals surface area contributed by atoms with Crippen molar-refractivity contribution < 1.29 is 60.9 Å². The van der Waals surface area contributed by atoms with E-state index < -0.39 is 0 Å². The number of carbonyl (C=O) groups excluding carboxylic acids is 1. The molecule has 0 amide bonds. The van der Waals surface area contributed by atoms with E-state index in [2.05, 4.69) is 4.74 Å². The first kappa shape index (κ1) is 14.2. The van der Waals surface area contributed by atoms with Crippen LogP contribution in [0.4, 0.5) is 0 Å². The molecule has 0 aromatic rings. The van der Waals surface area contributed by atoms with E-state index in [0.29, 0.717) is 4.32 Å². The summed E-state index contributed by atoms with van der Waals surface area (Å²) in [6.45, 7) is 0.780. The third-order valence-corrected chi connectivity index (χ3v) is 2.43. The first-order valence-electron chi connectivity index (χ1n) is 3.72. The number of thiocarbonyl (C=S) groups is 1. The fourth-order valence-electron chi connectivity index (χ4n) is 1.37. The van der Waals surface area contributed by atoms with Crippen LogP contribution in [0.5, 0.6) is 0 Å². The molecular formula is C7H10KNO2S2. The van der Waals surface area contributed by atoms with Crippen molar-refractivity contribution in [3.05, 3.63) is 0 Å². The van der Waals surface area contributed by atoms with Crippen molar-refractivity contribution in [3.8, 4) is 0 Å². The van der Waals surface area contributed by atoms with Gasteiger partial charge in [0.25, 0.3) is 0 Å². The van der Waals surface area contributed by atoms with Crippen LogP contribution in [0.2, 0.25) is 0 Å². The Morgan fingerprint density at radius 3 is 2.77 bits per heavy atom. The van der Waals surface area contributed by atoms with Gasteiger partial charge in [0.2, 0.25) is 0 Å². The molecule has 0 N–H and O–H groups in total. The molecule has 0 unspecified atom stereocenters. The smallest absolute Gasteiger partial charge is 0.467 e. The van der Waals surface area contributed by atoms with Gasteiger partial charge in [0.05, 0.1) is 7.11 Å². The minimum absolute atomic E-state index is 0. The molecule has 1 fully saturated rings. The Morgan fingerprint density at radius 2 is 2.31 bits per heavy atom. The van der Waals surface area contributed by atoms with Crippen LogP contribution in [-0.2, 0) is 22.2 Å². The molecule has 1 heterocycles. The van der Waals surface area contributed by atoms with Gasteiger partial charge >= 0.3 is 57.4 Å². The van der Waals surface area contributed by atoms with Crippen LogP contribution in [0.1, 0.15) is 12.8 Å². The zero-order valence-electron chi connectivity index (χ0n) is 7.78. The van der Waals surface area contributed by atoms with Gasteiger partial charge in [0, 0.05) is 6.54 Å². The molecule has 3 nitrogen and oxygen atoms in total. The summed E-state index contributed by atoms with van der Waals surface area (Å²) in [5.74, 6) is -0.236. The predicted octanol–water partition coefficient (Wildman–Crippen LogP) is -2.54. The summed E-state index contributed by atoms with van der Waals surface area (Å²) in [6.07, 6.45) is 1.75. The minimum atomic E-state index is -0.236. The Bertz CT molecular complexity index is 213. The van der Waals surface area contributed by atoms with E-state index in [-0.39, 0.29) is 63.4 Å². The molecule has 1 saturated heterocycles. The third-order valence-electron chi connectivity index (χ3n) is 1.96. The first-order valence-corrected chi connectivity index (χ1v) is 4.54. The molecule has 0 saturated carbocycles. The quantitative estimate of drug-likeness (QED) is 0.219. The number of carbonyl (C=O) groups is 1. The Balaban J connectivity index is 0.00000144. The molecule has 0 aromatic carbocycles. The maximum atomic E-state index is 11.2. The van der Waals surface area contributed by atoms with Crippen LogP contribution in [0.15, 0.2) is 0 Å². The molecule has 0 aromatic heterocycles. The normalized spacial score (nSPS) is 20.7. The van der Waals surface area contributed by atoms with Crippen LogP contribution in [0.3, 0.4) is 0 Å². The number of hydrogen-bond acceptors (Lipinski definition) is 4. The van der Waals surface area contributed by atoms with Crippen molar-refractivity contribution in [1.82, 2.24) is 4.90 Å². The maximum Gasteiger partial charge on any atom is 1.00 e. The minimum Gasteiger partial charge on any atom is -0.467 e. The summed E-state index contributed by atoms with van der Waals surface area (Å²) in [6, 6.07) is -0.236. The van der Waals surface area contributed by atoms with Crippen LogP contribution in [-0.4, -0.2) is 34.9 Å². The summed E-state index contributed by atoms with van der Waals surface area (Å²) >= 11 is 9.66. The molecule has 0 bridgehead atoms. The van der Waals surface area contributed by atoms with Crippen molar-refractivity contribution in [3.63, 3.8) is 0 Å². The summed E-state index contributed by atoms with van der Waals surface area (Å²) in [5, 5.41) is 0. The van der Waals surface area contributed by atoms with E-state index in [0.717, 1.165) is 19.4 Å². The van der Waals surface area contributed by atoms with Crippen molar-refractivity contribution in [2.75, 3.05) is 13.7 Å². The van der Waals surface area contributed by atoms with Crippen LogP contribution in [0.25, 0.3) is 0 Å². The van der Waals surface area contributed by atoms with E-state index in [9.17, 15) is 4.79 Å². The third kappa shape index (κ3) is 3.69. The molecule has 0 aliphatic carbocycles. The van der Waals surface area contributed by atoms with Gasteiger partial charge < -0.3 is 34.5 Å². The van der Waals surface area contributed by atoms with Gasteiger partial charge in [-0.15, -0.1) is 0 Å². The van der Waals surface area contributed by atoms with Crippen molar-refractivity contribution in [1.29, 1.82) is 0 Å². The Labute approximate surface area is 131 Å². The van der Waals surface area contributed by atoms with Gasteiger partial charge in [-0.25, -0.2) is 4.79 Å². The molecular weight excluding hydrogens is 233 g/mol. The SMILES string of the molecule is COC(=O)[C@@H]1CCCN1C(=S)[S-].[K+]. The zero-order valence-corrected chi connectivity index (χ0v) is 12.5. The Morgan fingerprint density at radius 1 is 1.69 bits per heavy atom. The van der Waals surface area contributed by atoms with Crippen LogP contribution < -0.4 is 51.4 Å². The predicted molar refractivity (Wildman–Crippen MR) is 51.7 cm³/mol. The average molecular weight is 243 g/mol. The van der Waals surface area contributed by atoms with Gasteiger partial charge in [-0.3, -0.25) is 0 Å². The second-order valence-corrected chi connectivity index (χ2v) is 3.67. The molecule has 1 aliphatic rings. The van der Waals surface area contributed by atoms with Gasteiger partial charge in [-0.2, -0.15) is 0 Å². The number of ether oxygens (including phenoxy) is 1. The molecule has 0 spiro atoms. The van der Waals surface area contributed by atoms with Crippen molar-refractivity contribution in [2.24, 2.45) is 0 Å². The van der Waals surface area contributed by atoms with Crippen LogP contribution >= 0.6 is 12.2 Å². The molecule has 13 heavy (non-hydrogen) atoms. The Kier molecular flexibility index (Phi) is 7.28. The van der Waals surface area contributed by atoms with Gasteiger partial charge in [0.15, 0.2) is 0 Å². The van der Waals surface area contributed by atoms with E-state index >= 15 is 0 Å². The summed E-state index contributed by atoms with van der Waals surface area (Å²) in [7, 11) is 1.38. The molecule has 0 radical (unpaired) electrons. The van der Waals surface area contributed by atoms with Gasteiger partial charge in [-0.05, 0) is 12.8 Å². The number of likely N-dealkylation sites (tertiary alicyclic amines) is 1. The summed E-state index contributed by atoms with van der Waals surface area (Å²) in [4.78, 5) is 12.9. The van der Waals surface area contributed by atoms with Crippen molar-refractivity contribution >= 4 is 35.1 Å². The molecule has 1 rings (SSSR count). The average Bonchev–Trinajstić information content (AvgIpc) is 2.50. The summed E-state index contributed by atoms with van der Waals surface area (Å²) in [5.41, 5.74) is 0. The fourth-order valence-corrected chi connectivity index (χ4v) is 1.80. The molecule has 1 aliphatic heterocycles. The van der Waals surface area contributed by atoms with E-state index in [1.54, 1.807) is 4.90 Å². The Hall–Kier alpha value is 1.22. The monoisotopic (exact) mass is 243 g/mol. The second kappa shape index (κ2) is 6.65. The number of rotatable bonds is 1. The largest absolute Gasteiger partial charge is 1.00 e. The van der Waals surface area contributed by atoms with Gasteiger partial charge in [0.1, 0.15) is 6.04 Å². The first-order chi connectivity index (χ1) is 5.66. The van der Waals surface area contributed by atoms with Crippen LogP contribution in [0, 0.1) is 0 Å². The zero-order chi connectivity index (χ0) is 9.14. The van der Waals surface area contributed by atoms with E-state index in [1.165, 1.54) is 7.11 Å². The standard InChI is InChI=1S/C7H11NO2S2.K/c1-10-6(9)5-3-2-4-8(5)7(11)12;/h5H,2-4H2,1H3,(H,11,12);/q;+1/p-1/t5-;/m0./s1.